The minimum atomic E-state index is -1.16. The predicted octanol–water partition coefficient (Wildman–Crippen LogP) is 1.31. The predicted molar refractivity (Wildman–Crippen MR) is 73.5 cm³/mol. The Hall–Kier alpha value is -1.30. The van der Waals surface area contributed by atoms with Crippen LogP contribution >= 0.6 is 0 Å². The van der Waals surface area contributed by atoms with E-state index in [9.17, 15) is 14.7 Å². The highest BCUT2D eigenvalue weighted by Crippen LogP contribution is 2.25. The average Bonchev–Trinajstić information content (AvgIpc) is 2.89. The van der Waals surface area contributed by atoms with Gasteiger partial charge in [0.05, 0.1) is 0 Å². The molecule has 0 saturated carbocycles. The molecule has 2 amide bonds. The van der Waals surface area contributed by atoms with Crippen molar-refractivity contribution in [1.29, 1.82) is 0 Å². The van der Waals surface area contributed by atoms with Crippen molar-refractivity contribution in [2.45, 2.75) is 38.6 Å². The molecule has 2 aliphatic heterocycles. The molecule has 0 aliphatic carbocycles. The van der Waals surface area contributed by atoms with E-state index < -0.39 is 11.5 Å². The van der Waals surface area contributed by atoms with Crippen molar-refractivity contribution in [3.8, 4) is 0 Å². The minimum absolute atomic E-state index is 0.252. The number of likely N-dealkylation sites (tertiary alicyclic amines) is 1. The Labute approximate surface area is 119 Å². The number of hydrogen-bond acceptors (Lipinski definition) is 3. The lowest BCUT2D eigenvalue weighted by molar-refractivity contribution is -0.148. The van der Waals surface area contributed by atoms with Crippen molar-refractivity contribution >= 4 is 12.0 Å². The highest BCUT2D eigenvalue weighted by molar-refractivity contribution is 5.86. The summed E-state index contributed by atoms with van der Waals surface area (Å²) in [6.07, 6.45) is 1.65. The van der Waals surface area contributed by atoms with Gasteiger partial charge in [0, 0.05) is 39.1 Å². The fourth-order valence-electron chi connectivity index (χ4n) is 2.91. The topological polar surface area (TPSA) is 78.9 Å². The molecule has 0 spiro atoms. The molecule has 1 unspecified atom stereocenters. The number of aliphatic carboxylic acids is 1. The number of hydrogen-bond donors (Lipinski definition) is 2. The molecular weight excluding hydrogens is 260 g/mol. The normalized spacial score (nSPS) is 25.8. The van der Waals surface area contributed by atoms with Gasteiger partial charge in [0.25, 0.3) is 0 Å². The molecule has 6 heteroatoms. The number of carbonyl (C=O) groups is 2. The first-order valence-electron chi connectivity index (χ1n) is 7.33. The second-order valence-corrected chi connectivity index (χ2v) is 6.17. The van der Waals surface area contributed by atoms with Crippen molar-refractivity contribution in [3.63, 3.8) is 0 Å². The van der Waals surface area contributed by atoms with E-state index in [2.05, 4.69) is 19.2 Å². The first-order valence-corrected chi connectivity index (χ1v) is 7.33. The van der Waals surface area contributed by atoms with Gasteiger partial charge in [0.2, 0.25) is 0 Å². The van der Waals surface area contributed by atoms with Gasteiger partial charge in [-0.1, -0.05) is 13.8 Å². The second-order valence-electron chi connectivity index (χ2n) is 6.17. The van der Waals surface area contributed by atoms with Crippen molar-refractivity contribution in [2.75, 3.05) is 26.3 Å². The fraction of sp³-hybridized carbons (Fsp3) is 0.857. The molecule has 0 radical (unpaired) electrons. The van der Waals surface area contributed by atoms with Crippen LogP contribution in [-0.2, 0) is 9.53 Å². The van der Waals surface area contributed by atoms with E-state index in [1.54, 1.807) is 4.90 Å². The summed E-state index contributed by atoms with van der Waals surface area (Å²) in [6, 6.07) is -0.252. The van der Waals surface area contributed by atoms with Crippen LogP contribution < -0.4 is 5.32 Å². The molecule has 0 aromatic rings. The molecule has 2 N–H and O–H groups in total. The molecule has 0 bridgehead atoms. The molecule has 20 heavy (non-hydrogen) atoms. The molecule has 1 atom stereocenters. The van der Waals surface area contributed by atoms with Gasteiger partial charge in [-0.05, 0) is 18.3 Å². The molecule has 2 aliphatic rings. The van der Waals surface area contributed by atoms with Crippen LogP contribution in [0.5, 0.6) is 0 Å². The fourth-order valence-corrected chi connectivity index (χ4v) is 2.91. The van der Waals surface area contributed by atoms with Crippen LogP contribution in [-0.4, -0.2) is 53.8 Å². The van der Waals surface area contributed by atoms with Crippen molar-refractivity contribution < 1.29 is 19.4 Å². The highest BCUT2D eigenvalue weighted by Gasteiger charge is 2.43. The van der Waals surface area contributed by atoms with Gasteiger partial charge in [-0.2, -0.15) is 0 Å². The molecule has 0 aromatic carbocycles. The number of amides is 2. The Balaban J connectivity index is 1.97. The van der Waals surface area contributed by atoms with Gasteiger partial charge in [-0.3, -0.25) is 0 Å². The van der Waals surface area contributed by atoms with Crippen molar-refractivity contribution in [1.82, 2.24) is 10.2 Å². The molecular formula is C14H24N2O4. The molecule has 114 valence electrons. The third kappa shape index (κ3) is 3.06. The van der Waals surface area contributed by atoms with Gasteiger partial charge in [-0.15, -0.1) is 0 Å². The first kappa shape index (κ1) is 15.1. The highest BCUT2D eigenvalue weighted by atomic mass is 16.5. The van der Waals surface area contributed by atoms with E-state index >= 15 is 0 Å². The van der Waals surface area contributed by atoms with Crippen molar-refractivity contribution in [3.05, 3.63) is 0 Å². The number of carbonyl (C=O) groups excluding carboxylic acids is 1. The summed E-state index contributed by atoms with van der Waals surface area (Å²) in [6.45, 7) is 6.49. The lowest BCUT2D eigenvalue weighted by Crippen LogP contribution is -2.60. The summed E-state index contributed by atoms with van der Waals surface area (Å²) >= 11 is 0. The number of nitrogens with one attached hydrogen (secondary N) is 1. The number of ether oxygens (including phenoxy) is 1. The Morgan fingerprint density at radius 2 is 2.00 bits per heavy atom. The summed E-state index contributed by atoms with van der Waals surface area (Å²) < 4.78 is 5.20. The zero-order chi connectivity index (χ0) is 14.8. The molecule has 0 aromatic heterocycles. The molecule has 2 fully saturated rings. The number of urea groups is 1. The van der Waals surface area contributed by atoms with Crippen LogP contribution in [0, 0.1) is 11.8 Å². The van der Waals surface area contributed by atoms with Gasteiger partial charge in [0.1, 0.15) is 5.54 Å². The zero-order valence-electron chi connectivity index (χ0n) is 12.2. The van der Waals surface area contributed by atoms with E-state index in [4.69, 9.17) is 4.74 Å². The standard InChI is InChI=1S/C14H24N2O4/c1-10(2)11-3-6-16(9-11)13(19)15-14(12(17)18)4-7-20-8-5-14/h10-11H,3-9H2,1-2H3,(H,15,19)(H,17,18). The summed E-state index contributed by atoms with van der Waals surface area (Å²) in [5.41, 5.74) is -1.16. The molecule has 6 nitrogen and oxygen atoms in total. The molecule has 2 rings (SSSR count). The maximum absolute atomic E-state index is 12.3. The summed E-state index contributed by atoms with van der Waals surface area (Å²) in [7, 11) is 0. The number of nitrogens with zero attached hydrogens (tertiary/aromatic N) is 1. The first-order chi connectivity index (χ1) is 9.44. The Morgan fingerprint density at radius 1 is 1.35 bits per heavy atom. The third-order valence-corrected chi connectivity index (χ3v) is 4.56. The lowest BCUT2D eigenvalue weighted by atomic mass is 9.90. The Morgan fingerprint density at radius 3 is 2.50 bits per heavy atom. The second kappa shape index (κ2) is 5.99. The van der Waals surface area contributed by atoms with Gasteiger partial charge >= 0.3 is 12.0 Å². The minimum Gasteiger partial charge on any atom is -0.480 e. The maximum atomic E-state index is 12.3. The zero-order valence-corrected chi connectivity index (χ0v) is 12.2. The van der Waals surface area contributed by atoms with Gasteiger partial charge < -0.3 is 20.1 Å². The number of carboxylic acid groups (broad SMARTS) is 1. The van der Waals surface area contributed by atoms with E-state index in [0.29, 0.717) is 44.4 Å². The van der Waals surface area contributed by atoms with E-state index in [-0.39, 0.29) is 6.03 Å². The smallest absolute Gasteiger partial charge is 0.329 e. The van der Waals surface area contributed by atoms with Crippen LogP contribution in [0.2, 0.25) is 0 Å². The van der Waals surface area contributed by atoms with Gasteiger partial charge in [-0.25, -0.2) is 9.59 Å². The maximum Gasteiger partial charge on any atom is 0.329 e. The van der Waals surface area contributed by atoms with E-state index in [1.807, 2.05) is 0 Å². The SMILES string of the molecule is CC(C)C1CCN(C(=O)NC2(C(=O)O)CCOCC2)C1. The van der Waals surface area contributed by atoms with Crippen LogP contribution in [0.25, 0.3) is 0 Å². The largest absolute Gasteiger partial charge is 0.480 e. The summed E-state index contributed by atoms with van der Waals surface area (Å²) in [4.78, 5) is 25.6. The lowest BCUT2D eigenvalue weighted by Gasteiger charge is -2.35. The van der Waals surface area contributed by atoms with Crippen molar-refractivity contribution in [2.24, 2.45) is 11.8 Å². The monoisotopic (exact) mass is 284 g/mol. The Bertz CT molecular complexity index is 377. The van der Waals surface area contributed by atoms with Crippen LogP contribution in [0.3, 0.4) is 0 Å². The third-order valence-electron chi connectivity index (χ3n) is 4.56. The van der Waals surface area contributed by atoms with E-state index in [1.165, 1.54) is 0 Å². The summed E-state index contributed by atoms with van der Waals surface area (Å²) in [5.74, 6) is 0.0919. The van der Waals surface area contributed by atoms with E-state index in [0.717, 1.165) is 13.0 Å². The quantitative estimate of drug-likeness (QED) is 0.819. The molecule has 2 heterocycles. The number of carboxylic acids is 1. The molecule has 2 saturated heterocycles. The average molecular weight is 284 g/mol. The van der Waals surface area contributed by atoms with Gasteiger partial charge in [0.15, 0.2) is 0 Å². The van der Waals surface area contributed by atoms with Crippen LogP contribution in [0.1, 0.15) is 33.1 Å². The van der Waals surface area contributed by atoms with Crippen LogP contribution in [0.4, 0.5) is 4.79 Å². The van der Waals surface area contributed by atoms with Crippen LogP contribution in [0.15, 0.2) is 0 Å². The Kier molecular flexibility index (Phi) is 4.52. The summed E-state index contributed by atoms with van der Waals surface area (Å²) in [5, 5.41) is 12.2. The number of rotatable bonds is 3.